The Morgan fingerprint density at radius 3 is 2.11 bits per heavy atom. The molecule has 4 fully saturated rings. The van der Waals surface area contributed by atoms with Crippen molar-refractivity contribution < 1.29 is 19.5 Å². The number of nitrogens with zero attached hydrogens (tertiary/aromatic N) is 3. The summed E-state index contributed by atoms with van der Waals surface area (Å²) >= 11 is 0. The maximum atomic E-state index is 13.6. The lowest BCUT2D eigenvalue weighted by Crippen LogP contribution is -2.62. The third-order valence-corrected chi connectivity index (χ3v) is 7.82. The predicted octanol–water partition coefficient (Wildman–Crippen LogP) is 1.32. The summed E-state index contributed by atoms with van der Waals surface area (Å²) in [5.41, 5.74) is -0.958. The van der Waals surface area contributed by atoms with Crippen molar-refractivity contribution in [3.63, 3.8) is 0 Å². The van der Waals surface area contributed by atoms with Crippen molar-refractivity contribution in [3.8, 4) is 0 Å². The minimum atomic E-state index is -0.892. The van der Waals surface area contributed by atoms with Crippen LogP contribution in [0.2, 0.25) is 0 Å². The lowest BCUT2D eigenvalue weighted by molar-refractivity contribution is -0.150. The van der Waals surface area contributed by atoms with Crippen LogP contribution in [-0.4, -0.2) is 81.9 Å². The topological polar surface area (TPSA) is 81.2 Å². The molecule has 1 atom stereocenters. The van der Waals surface area contributed by atoms with E-state index in [0.29, 0.717) is 25.9 Å². The van der Waals surface area contributed by atoms with Crippen LogP contribution < -0.4 is 0 Å². The molecule has 1 unspecified atom stereocenters. The molecule has 3 saturated heterocycles. The van der Waals surface area contributed by atoms with Gasteiger partial charge >= 0.3 is 5.97 Å². The quantitative estimate of drug-likeness (QED) is 0.802. The summed E-state index contributed by atoms with van der Waals surface area (Å²) in [5, 5.41) is 9.63. The van der Waals surface area contributed by atoms with E-state index in [-0.39, 0.29) is 23.8 Å². The van der Waals surface area contributed by atoms with Gasteiger partial charge in [-0.3, -0.25) is 19.3 Å². The second-order valence-corrected chi connectivity index (χ2v) is 8.88. The number of amides is 2. The van der Waals surface area contributed by atoms with Crippen molar-refractivity contribution >= 4 is 17.8 Å². The van der Waals surface area contributed by atoms with Gasteiger partial charge in [0.15, 0.2) is 0 Å². The number of hydrogen-bond donors (Lipinski definition) is 1. The minimum Gasteiger partial charge on any atom is -0.481 e. The molecule has 4 aliphatic rings. The zero-order chi connectivity index (χ0) is 19.2. The molecule has 150 valence electrons. The van der Waals surface area contributed by atoms with Gasteiger partial charge in [-0.05, 0) is 51.6 Å². The highest BCUT2D eigenvalue weighted by Crippen LogP contribution is 2.45. The lowest BCUT2D eigenvalue weighted by Gasteiger charge is -2.48. The molecular weight excluding hydrogens is 346 g/mol. The van der Waals surface area contributed by atoms with Crippen LogP contribution in [-0.2, 0) is 14.4 Å². The minimum absolute atomic E-state index is 0.0808. The Morgan fingerprint density at radius 1 is 0.963 bits per heavy atom. The lowest BCUT2D eigenvalue weighted by atomic mass is 9.76. The first kappa shape index (κ1) is 18.7. The van der Waals surface area contributed by atoms with Crippen LogP contribution in [0, 0.1) is 5.92 Å². The van der Waals surface area contributed by atoms with Crippen molar-refractivity contribution in [2.24, 2.45) is 5.92 Å². The van der Waals surface area contributed by atoms with E-state index in [0.717, 1.165) is 38.8 Å². The van der Waals surface area contributed by atoms with Gasteiger partial charge in [0.1, 0.15) is 5.54 Å². The highest BCUT2D eigenvalue weighted by atomic mass is 16.4. The van der Waals surface area contributed by atoms with Crippen LogP contribution in [0.4, 0.5) is 0 Å². The van der Waals surface area contributed by atoms with Crippen LogP contribution in [0.5, 0.6) is 0 Å². The van der Waals surface area contributed by atoms with Crippen LogP contribution >= 0.6 is 0 Å². The van der Waals surface area contributed by atoms with Crippen LogP contribution in [0.15, 0.2) is 0 Å². The first-order valence-corrected chi connectivity index (χ1v) is 10.4. The second-order valence-electron chi connectivity index (χ2n) is 8.88. The molecule has 0 aromatic rings. The summed E-state index contributed by atoms with van der Waals surface area (Å²) in [6, 6.07) is 0. The largest absolute Gasteiger partial charge is 0.481 e. The smallest absolute Gasteiger partial charge is 0.309 e. The Hall–Kier alpha value is -1.63. The Bertz CT molecular complexity index is 629. The fourth-order valence-corrected chi connectivity index (χ4v) is 6.15. The average molecular weight is 377 g/mol. The van der Waals surface area contributed by atoms with E-state index in [2.05, 4.69) is 4.90 Å². The van der Waals surface area contributed by atoms with Gasteiger partial charge in [0.25, 0.3) is 0 Å². The average Bonchev–Trinajstić information content (AvgIpc) is 3.39. The Labute approximate surface area is 160 Å². The maximum Gasteiger partial charge on any atom is 0.309 e. The molecule has 3 aliphatic heterocycles. The number of rotatable bonds is 3. The number of carboxylic acids is 1. The van der Waals surface area contributed by atoms with Crippen LogP contribution in [0.1, 0.15) is 57.8 Å². The Morgan fingerprint density at radius 2 is 1.56 bits per heavy atom. The molecule has 4 rings (SSSR count). The van der Waals surface area contributed by atoms with Gasteiger partial charge in [-0.25, -0.2) is 0 Å². The highest BCUT2D eigenvalue weighted by Gasteiger charge is 2.57. The van der Waals surface area contributed by atoms with E-state index in [4.69, 9.17) is 0 Å². The van der Waals surface area contributed by atoms with Gasteiger partial charge < -0.3 is 14.9 Å². The van der Waals surface area contributed by atoms with E-state index in [1.165, 1.54) is 12.8 Å². The maximum absolute atomic E-state index is 13.6. The molecule has 0 aromatic carbocycles. The number of aliphatic carboxylic acids is 1. The molecular formula is C20H31N3O4. The van der Waals surface area contributed by atoms with Gasteiger partial charge in [-0.1, -0.05) is 12.8 Å². The monoisotopic (exact) mass is 377 g/mol. The fourth-order valence-electron chi connectivity index (χ4n) is 6.15. The van der Waals surface area contributed by atoms with E-state index >= 15 is 0 Å². The molecule has 1 spiro atoms. The first-order chi connectivity index (χ1) is 12.9. The van der Waals surface area contributed by atoms with Gasteiger partial charge in [0.05, 0.1) is 11.5 Å². The summed E-state index contributed by atoms with van der Waals surface area (Å²) in [4.78, 5) is 43.5. The molecule has 7 nitrogen and oxygen atoms in total. The third kappa shape index (κ3) is 2.77. The number of carbonyl (C=O) groups excluding carboxylic acids is 2. The summed E-state index contributed by atoms with van der Waals surface area (Å²) in [5.74, 6) is -1.40. The molecule has 1 aliphatic carbocycles. The molecule has 1 N–H and O–H groups in total. The van der Waals surface area contributed by atoms with Gasteiger partial charge in [0.2, 0.25) is 11.8 Å². The van der Waals surface area contributed by atoms with Crippen LogP contribution in [0.25, 0.3) is 0 Å². The fraction of sp³-hybridized carbons (Fsp3) is 0.850. The number of carbonyl (C=O) groups is 3. The molecule has 7 heteroatoms. The van der Waals surface area contributed by atoms with Crippen molar-refractivity contribution in [1.29, 1.82) is 0 Å². The molecule has 1 saturated carbocycles. The molecule has 0 radical (unpaired) electrons. The zero-order valence-corrected chi connectivity index (χ0v) is 16.3. The van der Waals surface area contributed by atoms with E-state index < -0.39 is 17.4 Å². The van der Waals surface area contributed by atoms with E-state index in [9.17, 15) is 19.5 Å². The van der Waals surface area contributed by atoms with Gasteiger partial charge in [-0.15, -0.1) is 0 Å². The third-order valence-electron chi connectivity index (χ3n) is 7.82. The van der Waals surface area contributed by atoms with Crippen molar-refractivity contribution in [2.45, 2.75) is 68.9 Å². The van der Waals surface area contributed by atoms with Gasteiger partial charge in [-0.2, -0.15) is 0 Å². The standard InChI is InChI=1S/C20H31N3O4/c1-21-16(24)14-15(17(25)26)19(21)8-12-22(13-9-19)18(27)20(6-2-3-7-20)23-10-4-5-11-23/h15H,2-14H2,1H3,(H,25,26). The number of piperidine rings is 1. The number of likely N-dealkylation sites (tertiary alicyclic amines) is 3. The highest BCUT2D eigenvalue weighted by molar-refractivity contribution is 5.89. The predicted molar refractivity (Wildman–Crippen MR) is 99.1 cm³/mol. The second kappa shape index (κ2) is 6.76. The van der Waals surface area contributed by atoms with E-state index in [1.54, 1.807) is 11.9 Å². The summed E-state index contributed by atoms with van der Waals surface area (Å²) in [6.07, 6.45) is 7.67. The van der Waals surface area contributed by atoms with Crippen LogP contribution in [0.3, 0.4) is 0 Å². The first-order valence-electron chi connectivity index (χ1n) is 10.4. The molecule has 2 amide bonds. The number of hydrogen-bond acceptors (Lipinski definition) is 4. The molecule has 27 heavy (non-hydrogen) atoms. The Kier molecular flexibility index (Phi) is 4.69. The molecule has 0 bridgehead atoms. The van der Waals surface area contributed by atoms with Crippen molar-refractivity contribution in [1.82, 2.24) is 14.7 Å². The van der Waals surface area contributed by atoms with Crippen molar-refractivity contribution in [2.75, 3.05) is 33.2 Å². The summed E-state index contributed by atoms with van der Waals surface area (Å²) < 4.78 is 0. The molecule has 3 heterocycles. The summed E-state index contributed by atoms with van der Waals surface area (Å²) in [6.45, 7) is 3.13. The summed E-state index contributed by atoms with van der Waals surface area (Å²) in [7, 11) is 1.73. The van der Waals surface area contributed by atoms with E-state index in [1.807, 2.05) is 4.90 Å². The molecule has 0 aromatic heterocycles. The SMILES string of the molecule is CN1C(=O)CC(C(=O)O)C12CCN(C(=O)C1(N3CCCC3)CCCC1)CC2. The number of carboxylic acid groups (broad SMARTS) is 1. The van der Waals surface area contributed by atoms with Gasteiger partial charge in [0, 0.05) is 26.6 Å². The zero-order valence-electron chi connectivity index (χ0n) is 16.3. The normalized spacial score (nSPS) is 30.4. The Balaban J connectivity index is 1.51. The van der Waals surface area contributed by atoms with Crippen molar-refractivity contribution in [3.05, 3.63) is 0 Å².